The van der Waals surface area contributed by atoms with Crippen LogP contribution in [0.3, 0.4) is 0 Å². The summed E-state index contributed by atoms with van der Waals surface area (Å²) in [5, 5.41) is 0. The third kappa shape index (κ3) is 13.9. The summed E-state index contributed by atoms with van der Waals surface area (Å²) < 4.78 is 50.8. The molecule has 0 spiro atoms. The predicted octanol–water partition coefficient (Wildman–Crippen LogP) is 6.74. The van der Waals surface area contributed by atoms with E-state index in [-0.39, 0.29) is 5.90 Å². The van der Waals surface area contributed by atoms with Gasteiger partial charge in [0.1, 0.15) is 5.90 Å². The van der Waals surface area contributed by atoms with E-state index in [0.717, 1.165) is 0 Å². The van der Waals surface area contributed by atoms with E-state index in [0.29, 0.717) is 0 Å². The number of hydrogen-bond donors (Lipinski definition) is 0. The molecule has 0 atom stereocenters. The summed E-state index contributed by atoms with van der Waals surface area (Å²) in [6.07, 6.45) is 0. The van der Waals surface area contributed by atoms with Crippen molar-refractivity contribution in [1.82, 2.24) is 0 Å². The van der Waals surface area contributed by atoms with Gasteiger partial charge in [0.05, 0.1) is 0 Å². The minimum absolute atomic E-state index is 0.303. The Bertz CT molecular complexity index is 455. The molecular formula is C13H38O6P2Si4. The lowest BCUT2D eigenvalue weighted by molar-refractivity contribution is 0.368. The van der Waals surface area contributed by atoms with Gasteiger partial charge in [-0.15, -0.1) is 0 Å². The van der Waals surface area contributed by atoms with Crippen LogP contribution in [0, 0.1) is 0 Å². The van der Waals surface area contributed by atoms with Crippen LogP contribution in [0.5, 0.6) is 0 Å². The maximum Gasteiger partial charge on any atom is 0.323 e. The Morgan fingerprint density at radius 2 is 0.640 bits per heavy atom. The Kier molecular flexibility index (Phi) is 8.65. The Morgan fingerprint density at radius 1 is 0.480 bits per heavy atom. The van der Waals surface area contributed by atoms with Crippen LogP contribution >= 0.6 is 15.2 Å². The van der Waals surface area contributed by atoms with Crippen LogP contribution in [0.1, 0.15) is 0 Å². The standard InChI is InChI=1S/C13H38O6P2Si4/c1-22(2,3)16-20(14,17-23(4,5)6)13-21(15,18-24(7,8)9)19-25(10,11)12/h13H2,1-12H3. The monoisotopic (exact) mass is 464 g/mol. The van der Waals surface area contributed by atoms with Gasteiger partial charge in [-0.1, -0.05) is 0 Å². The van der Waals surface area contributed by atoms with Crippen molar-refractivity contribution in [3.8, 4) is 0 Å². The molecule has 152 valence electrons. The van der Waals surface area contributed by atoms with Gasteiger partial charge < -0.3 is 16.9 Å². The summed E-state index contributed by atoms with van der Waals surface area (Å²) in [6, 6.07) is 0. The molecule has 0 bridgehead atoms. The van der Waals surface area contributed by atoms with Crippen molar-refractivity contribution in [1.29, 1.82) is 0 Å². The molecule has 0 radical (unpaired) electrons. The highest BCUT2D eigenvalue weighted by molar-refractivity contribution is 7.74. The fraction of sp³-hybridized carbons (Fsp3) is 1.00. The van der Waals surface area contributed by atoms with Gasteiger partial charge in [0.25, 0.3) is 0 Å². The fourth-order valence-corrected chi connectivity index (χ4v) is 21.1. The minimum atomic E-state index is -3.60. The van der Waals surface area contributed by atoms with Crippen molar-refractivity contribution in [3.05, 3.63) is 0 Å². The molecule has 12 heteroatoms. The van der Waals surface area contributed by atoms with Crippen molar-refractivity contribution >= 4 is 48.5 Å². The summed E-state index contributed by atoms with van der Waals surface area (Å²) in [7, 11) is -15.9. The lowest BCUT2D eigenvalue weighted by atomic mass is 11.8. The van der Waals surface area contributed by atoms with Crippen LogP contribution in [0.4, 0.5) is 0 Å². The van der Waals surface area contributed by atoms with Gasteiger partial charge >= 0.3 is 15.2 Å². The second-order valence-electron chi connectivity index (χ2n) is 10.2. The zero-order valence-corrected chi connectivity index (χ0v) is 23.8. The second-order valence-corrected chi connectivity index (χ2v) is 33.6. The molecule has 0 fully saturated rings. The largest absolute Gasteiger partial charge is 0.351 e. The van der Waals surface area contributed by atoms with E-state index >= 15 is 0 Å². The minimum Gasteiger partial charge on any atom is -0.351 e. The molecule has 25 heavy (non-hydrogen) atoms. The van der Waals surface area contributed by atoms with E-state index in [1.807, 2.05) is 78.6 Å². The van der Waals surface area contributed by atoms with Gasteiger partial charge in [0, 0.05) is 0 Å². The molecular weight excluding hydrogens is 426 g/mol. The van der Waals surface area contributed by atoms with E-state index in [2.05, 4.69) is 0 Å². The molecule has 0 unspecified atom stereocenters. The van der Waals surface area contributed by atoms with E-state index in [1.165, 1.54) is 0 Å². The van der Waals surface area contributed by atoms with E-state index in [9.17, 15) is 9.13 Å². The lowest BCUT2D eigenvalue weighted by Gasteiger charge is -2.36. The average molecular weight is 465 g/mol. The molecule has 0 amide bonds. The Hall–Kier alpha value is 1.17. The molecule has 0 aliphatic carbocycles. The van der Waals surface area contributed by atoms with Crippen LogP contribution in [0.25, 0.3) is 0 Å². The van der Waals surface area contributed by atoms with Gasteiger partial charge in [-0.25, -0.2) is 0 Å². The van der Waals surface area contributed by atoms with Crippen molar-refractivity contribution in [2.75, 3.05) is 5.90 Å². The van der Waals surface area contributed by atoms with Gasteiger partial charge in [-0.3, -0.25) is 9.13 Å². The first-order valence-corrected chi connectivity index (χ1v) is 25.6. The highest BCUT2D eigenvalue weighted by atomic mass is 31.2. The predicted molar refractivity (Wildman–Crippen MR) is 118 cm³/mol. The summed E-state index contributed by atoms with van der Waals surface area (Å²) in [4.78, 5) is 0. The normalized spacial score (nSPS) is 15.5. The average Bonchev–Trinajstić information content (AvgIpc) is 1.97. The molecule has 0 aliphatic rings. The Balaban J connectivity index is 5.89. The van der Waals surface area contributed by atoms with Crippen LogP contribution in [0.2, 0.25) is 78.6 Å². The van der Waals surface area contributed by atoms with Crippen LogP contribution in [-0.4, -0.2) is 39.2 Å². The van der Waals surface area contributed by atoms with Crippen molar-refractivity contribution < 1.29 is 26.0 Å². The number of hydrogen-bond acceptors (Lipinski definition) is 6. The van der Waals surface area contributed by atoms with Gasteiger partial charge in [-0.05, 0) is 78.6 Å². The molecule has 0 N–H and O–H groups in total. The second kappa shape index (κ2) is 8.27. The van der Waals surface area contributed by atoms with Crippen molar-refractivity contribution in [2.24, 2.45) is 0 Å². The van der Waals surface area contributed by atoms with Gasteiger partial charge in [0.15, 0.2) is 33.3 Å². The number of rotatable bonds is 10. The zero-order valence-electron chi connectivity index (χ0n) is 18.1. The SMILES string of the molecule is C[Si](C)(C)OP(=O)(CP(=O)(O[Si](C)(C)C)O[Si](C)(C)C)O[Si](C)(C)C. The molecule has 6 nitrogen and oxygen atoms in total. The molecule has 0 aliphatic heterocycles. The molecule has 0 aromatic rings. The van der Waals surface area contributed by atoms with Crippen LogP contribution in [-0.2, 0) is 26.0 Å². The molecule has 0 aromatic heterocycles. The van der Waals surface area contributed by atoms with Crippen molar-refractivity contribution in [3.63, 3.8) is 0 Å². The van der Waals surface area contributed by atoms with E-state index in [1.54, 1.807) is 0 Å². The third-order valence-corrected chi connectivity index (χ3v) is 18.0. The van der Waals surface area contributed by atoms with E-state index < -0.39 is 48.5 Å². The summed E-state index contributed by atoms with van der Waals surface area (Å²) in [6.45, 7) is 23.3. The van der Waals surface area contributed by atoms with Crippen LogP contribution < -0.4 is 0 Å². The molecule has 0 saturated heterocycles. The summed E-state index contributed by atoms with van der Waals surface area (Å²) in [5.41, 5.74) is 0. The highest BCUT2D eigenvalue weighted by Gasteiger charge is 2.47. The first-order valence-electron chi connectivity index (χ1n) is 8.54. The Morgan fingerprint density at radius 3 is 0.760 bits per heavy atom. The zero-order chi connectivity index (χ0) is 20.5. The van der Waals surface area contributed by atoms with Gasteiger partial charge in [0.2, 0.25) is 0 Å². The molecule has 0 saturated carbocycles. The van der Waals surface area contributed by atoms with Crippen molar-refractivity contribution in [2.45, 2.75) is 78.6 Å². The summed E-state index contributed by atoms with van der Waals surface area (Å²) >= 11 is 0. The topological polar surface area (TPSA) is 71.1 Å². The highest BCUT2D eigenvalue weighted by Crippen LogP contribution is 2.67. The van der Waals surface area contributed by atoms with Crippen LogP contribution in [0.15, 0.2) is 0 Å². The fourth-order valence-electron chi connectivity index (χ4n) is 2.03. The molecule has 0 aromatic carbocycles. The molecule has 0 rings (SSSR count). The van der Waals surface area contributed by atoms with Gasteiger partial charge in [-0.2, -0.15) is 0 Å². The van der Waals surface area contributed by atoms with E-state index in [4.69, 9.17) is 16.9 Å². The maximum absolute atomic E-state index is 13.6. The summed E-state index contributed by atoms with van der Waals surface area (Å²) in [5.74, 6) is -0.303. The third-order valence-electron chi connectivity index (χ3n) is 2.00. The maximum atomic E-state index is 13.6. The first-order chi connectivity index (χ1) is 10.5. The first kappa shape index (κ1) is 26.2. The quantitative estimate of drug-likeness (QED) is 0.263. The Labute approximate surface area is 159 Å². The smallest absolute Gasteiger partial charge is 0.323 e. The molecule has 0 heterocycles. The lowest BCUT2D eigenvalue weighted by Crippen LogP contribution is -2.33.